The van der Waals surface area contributed by atoms with Crippen molar-refractivity contribution >= 4 is 18.0 Å². The first-order chi connectivity index (χ1) is 15.4. The van der Waals surface area contributed by atoms with Crippen LogP contribution in [0.4, 0.5) is 4.79 Å². The molecule has 0 bridgehead atoms. The zero-order valence-corrected chi connectivity index (χ0v) is 18.1. The Hall–Kier alpha value is -3.35. The van der Waals surface area contributed by atoms with E-state index in [1.807, 2.05) is 24.3 Å². The van der Waals surface area contributed by atoms with E-state index in [9.17, 15) is 14.4 Å². The molecule has 2 atom stereocenters. The van der Waals surface area contributed by atoms with E-state index in [0.717, 1.165) is 28.7 Å². The van der Waals surface area contributed by atoms with Crippen LogP contribution in [0.25, 0.3) is 11.1 Å². The Labute approximate surface area is 187 Å². The fourth-order valence-electron chi connectivity index (χ4n) is 4.85. The number of ether oxygens (including phenoxy) is 1. The van der Waals surface area contributed by atoms with Crippen LogP contribution in [0.1, 0.15) is 49.7 Å². The van der Waals surface area contributed by atoms with Crippen molar-refractivity contribution in [2.45, 2.75) is 50.6 Å². The van der Waals surface area contributed by atoms with Crippen LogP contribution < -0.4 is 5.32 Å². The standard InChI is InChI=1S/C25H28N2O5/c1-16(13-23(28)27-12-6-7-17(27)14-24(29)30)26-25(31)32-15-22-20-10-4-2-8-18(20)19-9-3-5-11-21(19)22/h2-5,8-11,16-17,22H,6-7,12-15H2,1H3,(H,26,31)(H,29,30). The van der Waals surface area contributed by atoms with Gasteiger partial charge >= 0.3 is 12.1 Å². The lowest BCUT2D eigenvalue weighted by molar-refractivity contribution is -0.140. The number of nitrogens with one attached hydrogen (secondary N) is 1. The third kappa shape index (κ3) is 4.61. The molecule has 2 aromatic carbocycles. The lowest BCUT2D eigenvalue weighted by Gasteiger charge is -2.25. The quantitative estimate of drug-likeness (QED) is 0.689. The van der Waals surface area contributed by atoms with E-state index >= 15 is 0 Å². The number of hydrogen-bond acceptors (Lipinski definition) is 4. The maximum Gasteiger partial charge on any atom is 0.407 e. The SMILES string of the molecule is CC(CC(=O)N1CCCC1CC(=O)O)NC(=O)OCC1c2ccccc2-c2ccccc21. The maximum atomic E-state index is 12.6. The number of benzene rings is 2. The van der Waals surface area contributed by atoms with E-state index < -0.39 is 18.1 Å². The van der Waals surface area contributed by atoms with Crippen molar-refractivity contribution in [1.82, 2.24) is 10.2 Å². The molecule has 2 aliphatic rings. The van der Waals surface area contributed by atoms with Crippen molar-refractivity contribution < 1.29 is 24.2 Å². The van der Waals surface area contributed by atoms with Gasteiger partial charge in [0.25, 0.3) is 0 Å². The van der Waals surface area contributed by atoms with Crippen LogP contribution in [0.5, 0.6) is 0 Å². The number of carboxylic acid groups (broad SMARTS) is 1. The van der Waals surface area contributed by atoms with Gasteiger partial charge in [-0.15, -0.1) is 0 Å². The monoisotopic (exact) mass is 436 g/mol. The highest BCUT2D eigenvalue weighted by molar-refractivity contribution is 5.80. The van der Waals surface area contributed by atoms with Gasteiger partial charge < -0.3 is 20.1 Å². The molecule has 168 valence electrons. The molecule has 2 unspecified atom stereocenters. The second kappa shape index (κ2) is 9.42. The van der Waals surface area contributed by atoms with E-state index in [-0.39, 0.29) is 37.3 Å². The van der Waals surface area contributed by atoms with Gasteiger partial charge in [-0.25, -0.2) is 4.79 Å². The molecule has 1 aliphatic heterocycles. The number of alkyl carbamates (subject to hydrolysis) is 1. The predicted molar refractivity (Wildman–Crippen MR) is 119 cm³/mol. The molecule has 32 heavy (non-hydrogen) atoms. The van der Waals surface area contributed by atoms with E-state index in [1.165, 1.54) is 0 Å². The molecule has 0 aromatic heterocycles. The van der Waals surface area contributed by atoms with Gasteiger partial charge in [-0.3, -0.25) is 9.59 Å². The Bertz CT molecular complexity index is 975. The summed E-state index contributed by atoms with van der Waals surface area (Å²) in [6.45, 7) is 2.53. The average Bonchev–Trinajstić information content (AvgIpc) is 3.34. The molecule has 7 heteroatoms. The topological polar surface area (TPSA) is 95.9 Å². The molecular weight excluding hydrogens is 408 g/mol. The van der Waals surface area contributed by atoms with Gasteiger partial charge in [0.15, 0.2) is 0 Å². The Kier molecular flexibility index (Phi) is 6.44. The number of carboxylic acids is 1. The summed E-state index contributed by atoms with van der Waals surface area (Å²) in [7, 11) is 0. The first-order valence-electron chi connectivity index (χ1n) is 11.1. The predicted octanol–water partition coefficient (Wildman–Crippen LogP) is 3.77. The number of aliphatic carboxylic acids is 1. The van der Waals surface area contributed by atoms with Gasteiger partial charge in [0.2, 0.25) is 5.91 Å². The minimum Gasteiger partial charge on any atom is -0.481 e. The van der Waals surface area contributed by atoms with E-state index in [1.54, 1.807) is 11.8 Å². The highest BCUT2D eigenvalue weighted by atomic mass is 16.5. The molecule has 1 heterocycles. The fraction of sp³-hybridized carbons (Fsp3) is 0.400. The van der Waals surface area contributed by atoms with Gasteiger partial charge in [-0.05, 0) is 42.0 Å². The van der Waals surface area contributed by atoms with Gasteiger partial charge in [0.05, 0.1) is 6.42 Å². The number of likely N-dealkylation sites (tertiary alicyclic amines) is 1. The van der Waals surface area contributed by atoms with Gasteiger partial charge in [-0.2, -0.15) is 0 Å². The smallest absolute Gasteiger partial charge is 0.407 e. The minimum absolute atomic E-state index is 0.0218. The third-order valence-corrected chi connectivity index (χ3v) is 6.30. The summed E-state index contributed by atoms with van der Waals surface area (Å²) in [5.41, 5.74) is 4.61. The Balaban J connectivity index is 1.31. The number of hydrogen-bond donors (Lipinski definition) is 2. The second-order valence-electron chi connectivity index (χ2n) is 8.56. The van der Waals surface area contributed by atoms with Crippen LogP contribution in [0, 0.1) is 0 Å². The number of carbonyl (C=O) groups is 3. The molecule has 0 saturated carbocycles. The number of nitrogens with zero attached hydrogens (tertiary/aromatic N) is 1. The maximum absolute atomic E-state index is 12.6. The molecule has 0 spiro atoms. The molecule has 2 amide bonds. The van der Waals surface area contributed by atoms with Crippen LogP contribution in [0.2, 0.25) is 0 Å². The number of fused-ring (bicyclic) bond motifs is 3. The van der Waals surface area contributed by atoms with Crippen LogP contribution in [0.15, 0.2) is 48.5 Å². The zero-order valence-electron chi connectivity index (χ0n) is 18.1. The Morgan fingerprint density at radius 3 is 2.34 bits per heavy atom. The average molecular weight is 437 g/mol. The zero-order chi connectivity index (χ0) is 22.7. The summed E-state index contributed by atoms with van der Waals surface area (Å²) in [5.74, 6) is -1.06. The molecule has 1 fully saturated rings. The van der Waals surface area contributed by atoms with Crippen molar-refractivity contribution in [1.29, 1.82) is 0 Å². The molecule has 7 nitrogen and oxygen atoms in total. The molecule has 1 aliphatic carbocycles. The summed E-state index contributed by atoms with van der Waals surface area (Å²) in [6, 6.07) is 15.6. The molecule has 1 saturated heterocycles. The first kappa shape index (κ1) is 21.9. The van der Waals surface area contributed by atoms with Gasteiger partial charge in [0.1, 0.15) is 6.61 Å². The normalized spacial score (nSPS) is 18.0. The van der Waals surface area contributed by atoms with Crippen molar-refractivity contribution in [3.05, 3.63) is 59.7 Å². The third-order valence-electron chi connectivity index (χ3n) is 6.30. The van der Waals surface area contributed by atoms with E-state index in [2.05, 4.69) is 29.6 Å². The lowest BCUT2D eigenvalue weighted by Crippen LogP contribution is -2.42. The van der Waals surface area contributed by atoms with Crippen molar-refractivity contribution in [3.63, 3.8) is 0 Å². The molecule has 0 radical (unpaired) electrons. The van der Waals surface area contributed by atoms with E-state index in [0.29, 0.717) is 13.0 Å². The summed E-state index contributed by atoms with van der Waals surface area (Å²) < 4.78 is 5.54. The molecule has 2 N–H and O–H groups in total. The van der Waals surface area contributed by atoms with Gasteiger partial charge in [-0.1, -0.05) is 48.5 Å². The van der Waals surface area contributed by atoms with Crippen molar-refractivity contribution in [2.24, 2.45) is 0 Å². The molecule has 4 rings (SSSR count). The van der Waals surface area contributed by atoms with Gasteiger partial charge in [0, 0.05) is 31.0 Å². The molecular formula is C25H28N2O5. The Morgan fingerprint density at radius 1 is 1.09 bits per heavy atom. The van der Waals surface area contributed by atoms with Crippen molar-refractivity contribution in [3.8, 4) is 11.1 Å². The number of rotatable bonds is 7. The highest BCUT2D eigenvalue weighted by Crippen LogP contribution is 2.44. The summed E-state index contributed by atoms with van der Waals surface area (Å²) >= 11 is 0. The lowest BCUT2D eigenvalue weighted by atomic mass is 9.98. The highest BCUT2D eigenvalue weighted by Gasteiger charge is 2.32. The summed E-state index contributed by atoms with van der Waals surface area (Å²) in [5, 5.41) is 11.8. The number of carbonyl (C=O) groups excluding carboxylic acids is 2. The largest absolute Gasteiger partial charge is 0.481 e. The van der Waals surface area contributed by atoms with Crippen molar-refractivity contribution in [2.75, 3.05) is 13.2 Å². The second-order valence-corrected chi connectivity index (χ2v) is 8.56. The summed E-state index contributed by atoms with van der Waals surface area (Å²) in [4.78, 5) is 37.7. The Morgan fingerprint density at radius 2 is 1.72 bits per heavy atom. The van der Waals surface area contributed by atoms with Crippen LogP contribution >= 0.6 is 0 Å². The van der Waals surface area contributed by atoms with E-state index in [4.69, 9.17) is 9.84 Å². The number of amides is 2. The molecule has 2 aromatic rings. The minimum atomic E-state index is -0.903. The van der Waals surface area contributed by atoms with Crippen LogP contribution in [0.3, 0.4) is 0 Å². The summed E-state index contributed by atoms with van der Waals surface area (Å²) in [6.07, 6.45) is 1.01. The fourth-order valence-corrected chi connectivity index (χ4v) is 4.85. The first-order valence-corrected chi connectivity index (χ1v) is 11.1. The van der Waals surface area contributed by atoms with Crippen LogP contribution in [-0.2, 0) is 14.3 Å². The van der Waals surface area contributed by atoms with Crippen LogP contribution in [-0.4, -0.2) is 53.2 Å².